The van der Waals surface area contributed by atoms with Crippen LogP contribution < -0.4 is 17.0 Å². The number of carbonyl (C=O) groups excluding carboxylic acids is 2. The number of quaternary nitrogens is 1. The SMILES string of the molecule is CCCC(=O)O[C@H]1[C@@H]([N+]2(C)CCCCCC2)C[C@H]2[C@@H]3CC[C@H]4C[C@H](OC(C)=O)[C@@H](N5CCCC5)C[C@]4(C)[C@H]3CC[C@@]21C.[Br-]. The summed E-state index contributed by atoms with van der Waals surface area (Å²) in [6.07, 6.45) is 17.8. The number of esters is 2. The van der Waals surface area contributed by atoms with Gasteiger partial charge in [-0.3, -0.25) is 14.5 Å². The molecular weight excluding hydrogens is 604 g/mol. The van der Waals surface area contributed by atoms with Crippen LogP contribution in [0.3, 0.4) is 0 Å². The first kappa shape index (κ1) is 33.7. The molecule has 2 aliphatic heterocycles. The van der Waals surface area contributed by atoms with Crippen LogP contribution in [-0.4, -0.2) is 78.8 Å². The van der Waals surface area contributed by atoms with Crippen LogP contribution >= 0.6 is 0 Å². The Morgan fingerprint density at radius 1 is 0.884 bits per heavy atom. The fourth-order valence-electron chi connectivity index (χ4n) is 11.9. The fourth-order valence-corrected chi connectivity index (χ4v) is 11.9. The van der Waals surface area contributed by atoms with E-state index in [4.69, 9.17) is 9.47 Å². The number of ether oxygens (including phenoxy) is 2. The van der Waals surface area contributed by atoms with Crippen molar-refractivity contribution in [1.82, 2.24) is 4.90 Å². The number of carbonyl (C=O) groups is 2. The zero-order valence-corrected chi connectivity index (χ0v) is 29.5. The van der Waals surface area contributed by atoms with Crippen LogP contribution in [0.2, 0.25) is 0 Å². The third kappa shape index (κ3) is 6.11. The molecule has 0 spiro atoms. The second kappa shape index (κ2) is 13.2. The van der Waals surface area contributed by atoms with E-state index in [1.165, 1.54) is 90.1 Å². The van der Waals surface area contributed by atoms with Crippen LogP contribution in [0.15, 0.2) is 0 Å². The van der Waals surface area contributed by atoms with Crippen molar-refractivity contribution in [1.29, 1.82) is 0 Å². The molecule has 0 aromatic heterocycles. The molecule has 0 N–H and O–H groups in total. The van der Waals surface area contributed by atoms with Gasteiger partial charge in [0.25, 0.3) is 0 Å². The van der Waals surface area contributed by atoms with Gasteiger partial charge in [-0.05, 0) is 126 Å². The number of hydrogen-bond donors (Lipinski definition) is 0. The standard InChI is InChI=1S/C36H61N2O4.BrH/c1-6-13-33(40)42-34-31(38(5)20-11-7-8-12-21-38)23-29-27-15-14-26-22-32(41-25(2)39)30(37-18-9-10-19-37)24-36(26,4)28(27)16-17-35(29,34)3;/h26-32,34H,6-24H2,1-5H3;1H/q+1;/p-1/t26-,27+,28-,29-,30-,31-,32-,34-,35-,36-;/m0./s1. The number of halogens is 1. The maximum absolute atomic E-state index is 13.1. The van der Waals surface area contributed by atoms with Crippen LogP contribution in [0.4, 0.5) is 0 Å². The summed E-state index contributed by atoms with van der Waals surface area (Å²) in [5.74, 6) is 2.62. The van der Waals surface area contributed by atoms with Gasteiger partial charge in [0.15, 0.2) is 6.10 Å². The molecule has 0 unspecified atom stereocenters. The third-order valence-corrected chi connectivity index (χ3v) is 14.1. The van der Waals surface area contributed by atoms with Crippen molar-refractivity contribution in [2.75, 3.05) is 33.2 Å². The average molecular weight is 666 g/mol. The fraction of sp³-hybridized carbons (Fsp3) is 0.944. The van der Waals surface area contributed by atoms with E-state index in [1.54, 1.807) is 6.92 Å². The lowest BCUT2D eigenvalue weighted by molar-refractivity contribution is -0.935. The highest BCUT2D eigenvalue weighted by Crippen LogP contribution is 2.67. The minimum absolute atomic E-state index is 0. The van der Waals surface area contributed by atoms with Gasteiger partial charge in [0.2, 0.25) is 0 Å². The quantitative estimate of drug-likeness (QED) is 0.320. The van der Waals surface area contributed by atoms with Crippen molar-refractivity contribution in [3.8, 4) is 0 Å². The lowest BCUT2D eigenvalue weighted by atomic mass is 9.44. The van der Waals surface area contributed by atoms with Gasteiger partial charge in [-0.2, -0.15) is 0 Å². The molecule has 0 amide bonds. The number of rotatable bonds is 6. The second-order valence-electron chi connectivity index (χ2n) is 16.4. The summed E-state index contributed by atoms with van der Waals surface area (Å²) >= 11 is 0. The summed E-state index contributed by atoms with van der Waals surface area (Å²) < 4.78 is 13.8. The normalized spacial score (nSPS) is 44.2. The number of fused-ring (bicyclic) bond motifs is 5. The first-order valence-corrected chi connectivity index (χ1v) is 18.0. The molecule has 7 heteroatoms. The van der Waals surface area contributed by atoms with Gasteiger partial charge < -0.3 is 30.9 Å². The molecule has 0 aromatic carbocycles. The molecule has 10 atom stereocenters. The van der Waals surface area contributed by atoms with Gasteiger partial charge in [-0.15, -0.1) is 0 Å². The van der Waals surface area contributed by atoms with E-state index in [0.29, 0.717) is 41.7 Å². The summed E-state index contributed by atoms with van der Waals surface area (Å²) in [5.41, 5.74) is 0.372. The molecule has 6 fully saturated rings. The largest absolute Gasteiger partial charge is 1.00 e. The molecule has 6 rings (SSSR count). The van der Waals surface area contributed by atoms with Crippen molar-refractivity contribution in [3.05, 3.63) is 0 Å². The van der Waals surface area contributed by atoms with E-state index < -0.39 is 0 Å². The summed E-state index contributed by atoms with van der Waals surface area (Å²) in [4.78, 5) is 28.0. The van der Waals surface area contributed by atoms with Gasteiger partial charge in [0, 0.05) is 31.2 Å². The Morgan fingerprint density at radius 2 is 1.58 bits per heavy atom. The summed E-state index contributed by atoms with van der Waals surface area (Å²) in [6.45, 7) is 13.6. The molecule has 2 heterocycles. The Labute approximate surface area is 272 Å². The van der Waals surface area contributed by atoms with E-state index in [9.17, 15) is 9.59 Å². The first-order chi connectivity index (χ1) is 20.1. The van der Waals surface area contributed by atoms with E-state index in [-0.39, 0.29) is 46.5 Å². The smallest absolute Gasteiger partial charge is 0.306 e. The van der Waals surface area contributed by atoms with Crippen molar-refractivity contribution in [2.24, 2.45) is 34.5 Å². The van der Waals surface area contributed by atoms with E-state index in [1.807, 2.05) is 0 Å². The highest BCUT2D eigenvalue weighted by Gasteiger charge is 2.67. The monoisotopic (exact) mass is 664 g/mol. The summed E-state index contributed by atoms with van der Waals surface area (Å²) in [6, 6.07) is 0.797. The lowest BCUT2D eigenvalue weighted by Crippen LogP contribution is -3.00. The minimum atomic E-state index is -0.110. The zero-order chi connectivity index (χ0) is 29.7. The van der Waals surface area contributed by atoms with Crippen LogP contribution in [0.25, 0.3) is 0 Å². The first-order valence-electron chi connectivity index (χ1n) is 18.0. The molecule has 4 saturated carbocycles. The molecule has 246 valence electrons. The highest BCUT2D eigenvalue weighted by atomic mass is 79.9. The third-order valence-electron chi connectivity index (χ3n) is 14.1. The molecule has 0 aromatic rings. The molecule has 0 bridgehead atoms. The summed E-state index contributed by atoms with van der Waals surface area (Å²) in [5, 5.41) is 0. The number of hydrogen-bond acceptors (Lipinski definition) is 5. The van der Waals surface area contributed by atoms with Crippen LogP contribution in [-0.2, 0) is 19.1 Å². The van der Waals surface area contributed by atoms with Crippen LogP contribution in [0, 0.1) is 34.5 Å². The Balaban J connectivity index is 0.00000368. The molecule has 6 aliphatic rings. The van der Waals surface area contributed by atoms with Crippen molar-refractivity contribution >= 4 is 11.9 Å². The summed E-state index contributed by atoms with van der Waals surface area (Å²) in [7, 11) is 2.50. The van der Waals surface area contributed by atoms with Gasteiger partial charge in [-0.25, -0.2) is 0 Å². The molecule has 2 saturated heterocycles. The van der Waals surface area contributed by atoms with Crippen molar-refractivity contribution in [2.45, 2.75) is 148 Å². The van der Waals surface area contributed by atoms with Crippen LogP contribution in [0.5, 0.6) is 0 Å². The van der Waals surface area contributed by atoms with Gasteiger partial charge >= 0.3 is 11.9 Å². The molecule has 4 aliphatic carbocycles. The number of likely N-dealkylation sites (N-methyl/N-ethyl adjacent to an activating group) is 1. The highest BCUT2D eigenvalue weighted by molar-refractivity contribution is 5.69. The van der Waals surface area contributed by atoms with E-state index in [2.05, 4.69) is 32.7 Å². The predicted molar refractivity (Wildman–Crippen MR) is 166 cm³/mol. The number of nitrogens with zero attached hydrogens (tertiary/aromatic N) is 2. The maximum atomic E-state index is 13.1. The van der Waals surface area contributed by atoms with Crippen LogP contribution in [0.1, 0.15) is 124 Å². The Kier molecular flexibility index (Phi) is 10.4. The molecule has 6 nitrogen and oxygen atoms in total. The van der Waals surface area contributed by atoms with Crippen molar-refractivity contribution < 1.29 is 40.5 Å². The Hall–Kier alpha value is -0.660. The molecular formula is C36H61BrN2O4. The molecule has 43 heavy (non-hydrogen) atoms. The van der Waals surface area contributed by atoms with Gasteiger partial charge in [0.1, 0.15) is 12.1 Å². The molecule has 0 radical (unpaired) electrons. The van der Waals surface area contributed by atoms with Crippen molar-refractivity contribution in [3.63, 3.8) is 0 Å². The zero-order valence-electron chi connectivity index (χ0n) is 28.0. The Morgan fingerprint density at radius 3 is 2.23 bits per heavy atom. The second-order valence-corrected chi connectivity index (χ2v) is 16.4. The van der Waals surface area contributed by atoms with E-state index in [0.717, 1.165) is 36.3 Å². The predicted octanol–water partition coefficient (Wildman–Crippen LogP) is 3.75. The number of likely N-dealkylation sites (tertiary alicyclic amines) is 2. The lowest BCUT2D eigenvalue weighted by Gasteiger charge is -2.62. The van der Waals surface area contributed by atoms with Gasteiger partial charge in [0.05, 0.1) is 20.1 Å². The Bertz CT molecular complexity index is 994. The average Bonchev–Trinajstić information content (AvgIpc) is 3.51. The maximum Gasteiger partial charge on any atom is 0.306 e. The van der Waals surface area contributed by atoms with Gasteiger partial charge in [-0.1, -0.05) is 20.8 Å². The minimum Gasteiger partial charge on any atom is -1.00 e. The van der Waals surface area contributed by atoms with E-state index >= 15 is 0 Å². The topological polar surface area (TPSA) is 55.8 Å².